The van der Waals surface area contributed by atoms with Crippen LogP contribution in [0, 0.1) is 0 Å². The summed E-state index contributed by atoms with van der Waals surface area (Å²) in [6.07, 6.45) is 15.8. The van der Waals surface area contributed by atoms with Gasteiger partial charge in [-0.25, -0.2) is 0 Å². The van der Waals surface area contributed by atoms with Crippen molar-refractivity contribution in [3.05, 3.63) is 131 Å². The number of ether oxygens (including phenoxy) is 4. The molecule has 7 rings (SSSR count). The first kappa shape index (κ1) is 63.3. The third kappa shape index (κ3) is 19.3. The molecule has 2 aliphatic rings. The van der Waals surface area contributed by atoms with E-state index >= 15 is 0 Å². The highest BCUT2D eigenvalue weighted by atomic mass is 35.5. The fourth-order valence-corrected chi connectivity index (χ4v) is 10.2. The van der Waals surface area contributed by atoms with Gasteiger partial charge in [0.25, 0.3) is 24.2 Å². The van der Waals surface area contributed by atoms with Crippen LogP contribution < -0.4 is 27.0 Å². The SMILES string of the molecule is CC(Cl)(Cc1ccccc1)C(=O)[O-].CCCCCCOc1nsnc1C1=CCC[N+](C)(C(OC(=O)CC)c2ccccc2)C1.CCCCCCOc1nsnc1C1=CCC[N+](C)(C(OC(=O)CC)c2ccccc2)C1.[Cl-]. The number of benzene rings is 3. The van der Waals surface area contributed by atoms with E-state index in [1.165, 1.54) is 68.9 Å². The summed E-state index contributed by atoms with van der Waals surface area (Å²) in [4.78, 5) is 33.8. The first-order valence-electron chi connectivity index (χ1n) is 26.6. The molecule has 0 fully saturated rings. The third-order valence-electron chi connectivity index (χ3n) is 13.3. The van der Waals surface area contributed by atoms with E-state index in [-0.39, 0.29) is 43.2 Å². The number of carboxylic acid groups (broad SMARTS) is 1. The van der Waals surface area contributed by atoms with Gasteiger partial charge in [-0.2, -0.15) is 8.75 Å². The topological polar surface area (TPSA) is 163 Å². The second kappa shape index (κ2) is 32.5. The number of esters is 2. The molecule has 5 atom stereocenters. The van der Waals surface area contributed by atoms with Gasteiger partial charge in [-0.3, -0.25) is 18.6 Å². The first-order valence-corrected chi connectivity index (χ1v) is 28.4. The molecule has 2 aromatic heterocycles. The lowest BCUT2D eigenvalue weighted by Gasteiger charge is -2.42. The maximum atomic E-state index is 12.3. The molecule has 0 saturated heterocycles. The number of carbonyl (C=O) groups is 3. The number of halogens is 2. The fraction of sp³-hybridized carbons (Fsp3) is 0.500. The van der Waals surface area contributed by atoms with Crippen LogP contribution in [0.1, 0.15) is 152 Å². The number of hydrogen-bond donors (Lipinski definition) is 0. The summed E-state index contributed by atoms with van der Waals surface area (Å²) in [5.41, 5.74) is 6.80. The highest BCUT2D eigenvalue weighted by Crippen LogP contribution is 2.39. The van der Waals surface area contributed by atoms with Gasteiger partial charge in [0.15, 0.2) is 0 Å². The summed E-state index contributed by atoms with van der Waals surface area (Å²) >= 11 is 8.12. The number of alkyl halides is 1. The van der Waals surface area contributed by atoms with Crippen molar-refractivity contribution in [2.75, 3.05) is 53.5 Å². The minimum Gasteiger partial charge on any atom is -1.00 e. The number of rotatable bonds is 25. The van der Waals surface area contributed by atoms with Gasteiger partial charge in [-0.1, -0.05) is 145 Å². The van der Waals surface area contributed by atoms with E-state index in [4.69, 9.17) is 30.5 Å². The Balaban J connectivity index is 0.000000264. The Hall–Kier alpha value is -5.23. The molecule has 76 heavy (non-hydrogen) atoms. The molecule has 14 nitrogen and oxygen atoms in total. The Morgan fingerprint density at radius 2 is 1.01 bits per heavy atom. The summed E-state index contributed by atoms with van der Waals surface area (Å²) in [5, 5.41) is 10.6. The largest absolute Gasteiger partial charge is 1.00 e. The summed E-state index contributed by atoms with van der Waals surface area (Å²) in [6, 6.07) is 29.3. The molecular weight excluding hydrogens is 1040 g/mol. The standard InChI is InChI=1S/2C24H34N3O3S.C10H11ClO2.ClH/c2*1-4-6-7-11-17-29-23-22(25-31-26-23)20-15-12-16-27(3,18-20)24(30-21(28)5-2)19-13-9-8-10-14-19;1-10(11,9(12)13)7-8-5-3-2-4-6-8;/h2*8-10,13-15,24H,4-7,11-12,16-18H2,1-3H3;2-6H,7H2,1H3,(H,12,13);1H/q2*+1;;/p-2. The van der Waals surface area contributed by atoms with Gasteiger partial charge in [0.2, 0.25) is 0 Å². The molecule has 414 valence electrons. The smallest absolute Gasteiger partial charge is 0.310 e. The van der Waals surface area contributed by atoms with Crippen molar-refractivity contribution in [2.45, 2.75) is 135 Å². The number of unbranched alkanes of at least 4 members (excludes halogenated alkanes) is 6. The number of likely N-dealkylation sites (N-methyl/N-ethyl adjacent to an activating group) is 2. The maximum Gasteiger partial charge on any atom is 0.310 e. The number of carbonyl (C=O) groups excluding carboxylic acids is 3. The molecule has 0 spiro atoms. The average molecular weight is 1120 g/mol. The van der Waals surface area contributed by atoms with Gasteiger partial charge >= 0.3 is 11.9 Å². The molecule has 3 aromatic carbocycles. The zero-order valence-corrected chi connectivity index (χ0v) is 48.6. The summed E-state index contributed by atoms with van der Waals surface area (Å²) < 4.78 is 42.9. The van der Waals surface area contributed by atoms with Crippen molar-refractivity contribution < 1.29 is 59.8 Å². The van der Waals surface area contributed by atoms with Crippen LogP contribution in [0.4, 0.5) is 0 Å². The number of nitrogens with zero attached hydrogens (tertiary/aromatic N) is 6. The Kier molecular flexibility index (Phi) is 27.1. The van der Waals surface area contributed by atoms with Crippen LogP contribution in [0.25, 0.3) is 11.1 Å². The van der Waals surface area contributed by atoms with E-state index in [1.807, 2.05) is 105 Å². The van der Waals surface area contributed by atoms with Crippen LogP contribution in [0.2, 0.25) is 0 Å². The molecule has 18 heteroatoms. The van der Waals surface area contributed by atoms with E-state index in [0.717, 1.165) is 78.0 Å². The minimum atomic E-state index is -1.32. The van der Waals surface area contributed by atoms with E-state index < -0.39 is 10.8 Å². The van der Waals surface area contributed by atoms with Crippen LogP contribution >= 0.6 is 35.1 Å². The van der Waals surface area contributed by atoms with Gasteiger partial charge in [0, 0.05) is 36.8 Å². The van der Waals surface area contributed by atoms with Crippen molar-refractivity contribution >= 4 is 64.1 Å². The van der Waals surface area contributed by atoms with Crippen LogP contribution in [0.3, 0.4) is 0 Å². The summed E-state index contributed by atoms with van der Waals surface area (Å²) in [6.45, 7) is 14.0. The van der Waals surface area contributed by atoms with Crippen LogP contribution in [-0.4, -0.2) is 103 Å². The first-order chi connectivity index (χ1) is 36.2. The quantitative estimate of drug-likeness (QED) is 0.0237. The van der Waals surface area contributed by atoms with E-state index in [9.17, 15) is 19.5 Å². The fourth-order valence-electron chi connectivity index (χ4n) is 9.03. The minimum absolute atomic E-state index is 0. The maximum absolute atomic E-state index is 12.3. The zero-order valence-electron chi connectivity index (χ0n) is 45.4. The molecule has 0 N–H and O–H groups in total. The molecule has 5 unspecified atom stereocenters. The average Bonchev–Trinajstić information content (AvgIpc) is 4.11. The van der Waals surface area contributed by atoms with Crippen LogP contribution in [-0.2, 0) is 30.3 Å². The van der Waals surface area contributed by atoms with E-state index in [0.29, 0.717) is 59.9 Å². The third-order valence-corrected chi connectivity index (χ3v) is 14.6. The highest BCUT2D eigenvalue weighted by Gasteiger charge is 2.42. The highest BCUT2D eigenvalue weighted by molar-refractivity contribution is 6.99. The van der Waals surface area contributed by atoms with Gasteiger partial charge in [-0.15, -0.1) is 20.3 Å². The molecule has 0 amide bonds. The van der Waals surface area contributed by atoms with Crippen molar-refractivity contribution in [2.24, 2.45) is 0 Å². The second-order valence-corrected chi connectivity index (χ2v) is 21.7. The van der Waals surface area contributed by atoms with Crippen LogP contribution in [0.15, 0.2) is 103 Å². The Morgan fingerprint density at radius 1 is 0.618 bits per heavy atom. The monoisotopic (exact) mass is 1120 g/mol. The van der Waals surface area contributed by atoms with E-state index in [2.05, 4.69) is 57.6 Å². The number of quaternary nitrogens is 2. The molecule has 0 saturated carbocycles. The van der Waals surface area contributed by atoms with Crippen LogP contribution in [0.5, 0.6) is 11.8 Å². The van der Waals surface area contributed by atoms with Gasteiger partial charge in [0.05, 0.1) is 85.8 Å². The summed E-state index contributed by atoms with van der Waals surface area (Å²) in [5.74, 6) is -0.351. The van der Waals surface area contributed by atoms with Crippen molar-refractivity contribution in [3.63, 3.8) is 0 Å². The van der Waals surface area contributed by atoms with Gasteiger partial charge < -0.3 is 41.3 Å². The Bertz CT molecular complexity index is 2420. The van der Waals surface area contributed by atoms with Gasteiger partial charge in [-0.05, 0) is 56.0 Å². The molecule has 2 aliphatic heterocycles. The number of hydrogen-bond acceptors (Lipinski definition) is 14. The Morgan fingerprint density at radius 3 is 1.38 bits per heavy atom. The lowest BCUT2D eigenvalue weighted by molar-refractivity contribution is -0.953. The normalized spacial score (nSPS) is 18.5. The molecule has 4 heterocycles. The van der Waals surface area contributed by atoms with E-state index in [1.54, 1.807) is 0 Å². The lowest BCUT2D eigenvalue weighted by Crippen LogP contribution is -3.00. The second-order valence-electron chi connectivity index (χ2n) is 19.8. The predicted octanol–water partition coefficient (Wildman–Crippen LogP) is 8.75. The Labute approximate surface area is 470 Å². The number of carboxylic acids is 1. The lowest BCUT2D eigenvalue weighted by atomic mass is 10.0. The van der Waals surface area contributed by atoms with Gasteiger partial charge in [0.1, 0.15) is 24.5 Å². The molecular formula is C58H78Cl2N6O8S2. The molecule has 0 aliphatic carbocycles. The predicted molar refractivity (Wildman–Crippen MR) is 297 cm³/mol. The molecule has 0 bridgehead atoms. The van der Waals surface area contributed by atoms with Crippen molar-refractivity contribution in [1.82, 2.24) is 17.5 Å². The van der Waals surface area contributed by atoms with Crippen molar-refractivity contribution in [3.8, 4) is 11.8 Å². The summed E-state index contributed by atoms with van der Waals surface area (Å²) in [7, 11) is 4.30. The number of aromatic nitrogens is 4. The van der Waals surface area contributed by atoms with Crippen molar-refractivity contribution in [1.29, 1.82) is 0 Å². The zero-order chi connectivity index (χ0) is 54.1. The molecule has 0 radical (unpaired) electrons. The molecule has 5 aromatic rings. The number of aliphatic carboxylic acids is 1.